The first-order valence-electron chi connectivity index (χ1n) is 9.11. The maximum atomic E-state index is 12.5. The molecule has 150 valence electrons. The Morgan fingerprint density at radius 1 is 1.18 bits per heavy atom. The summed E-state index contributed by atoms with van der Waals surface area (Å²) in [6.07, 6.45) is 0.697. The number of carbonyl (C=O) groups excluding carboxylic acids is 2. The molecule has 0 bridgehead atoms. The highest BCUT2D eigenvalue weighted by Crippen LogP contribution is 2.19. The predicted octanol–water partition coefficient (Wildman–Crippen LogP) is 1.46. The van der Waals surface area contributed by atoms with Gasteiger partial charge in [0.2, 0.25) is 5.78 Å². The predicted molar refractivity (Wildman–Crippen MR) is 105 cm³/mol. The van der Waals surface area contributed by atoms with Gasteiger partial charge in [-0.1, -0.05) is 44.2 Å². The largest absolute Gasteiger partial charge is 0.457 e. The lowest BCUT2D eigenvalue weighted by Crippen LogP contribution is -2.43. The molecule has 0 aliphatic rings. The Hall–Kier alpha value is -3.16. The van der Waals surface area contributed by atoms with Crippen LogP contribution in [0, 0.1) is 0 Å². The number of ether oxygens (including phenoxy) is 1. The number of ketones is 1. The Morgan fingerprint density at radius 3 is 2.43 bits per heavy atom. The number of aromatic nitrogens is 2. The van der Waals surface area contributed by atoms with E-state index in [1.807, 2.05) is 44.2 Å². The topological polar surface area (TPSA) is 113 Å². The Morgan fingerprint density at radius 2 is 1.82 bits per heavy atom. The lowest BCUT2D eigenvalue weighted by Gasteiger charge is -2.14. The maximum absolute atomic E-state index is 12.5. The number of hydrogen-bond donors (Lipinski definition) is 1. The Bertz CT molecular complexity index is 976. The van der Waals surface area contributed by atoms with Crippen molar-refractivity contribution in [2.75, 3.05) is 12.3 Å². The molecule has 8 nitrogen and oxygen atoms in total. The highest BCUT2D eigenvalue weighted by Gasteiger charge is 2.22. The molecule has 0 radical (unpaired) electrons. The van der Waals surface area contributed by atoms with E-state index in [0.717, 1.165) is 10.1 Å². The molecule has 1 atom stereocenters. The standard InChI is InChI=1S/C20H25N3O5/c1-4-10-23-18(21)17(19(26)22(3)20(23)27)15(24)12-28-16(25)11-13(2)14-8-6-5-7-9-14/h5-9,13H,4,10-12,21H2,1-3H3. The molecular weight excluding hydrogens is 362 g/mol. The average Bonchev–Trinajstić information content (AvgIpc) is 2.69. The minimum atomic E-state index is -0.798. The second-order valence-electron chi connectivity index (χ2n) is 6.66. The van der Waals surface area contributed by atoms with Crippen molar-refractivity contribution in [3.8, 4) is 0 Å². The third-order valence-electron chi connectivity index (χ3n) is 4.52. The molecule has 1 aromatic heterocycles. The highest BCUT2D eigenvalue weighted by molar-refractivity contribution is 6.01. The van der Waals surface area contributed by atoms with E-state index in [9.17, 15) is 19.2 Å². The summed E-state index contributed by atoms with van der Waals surface area (Å²) in [4.78, 5) is 49.0. The quantitative estimate of drug-likeness (QED) is 0.542. The first-order valence-corrected chi connectivity index (χ1v) is 9.11. The van der Waals surface area contributed by atoms with Crippen LogP contribution in [0.2, 0.25) is 0 Å². The molecule has 1 unspecified atom stereocenters. The first kappa shape index (κ1) is 21.1. The zero-order chi connectivity index (χ0) is 20.8. The summed E-state index contributed by atoms with van der Waals surface area (Å²) in [6, 6.07) is 9.46. The molecule has 28 heavy (non-hydrogen) atoms. The van der Waals surface area contributed by atoms with E-state index in [1.165, 1.54) is 11.6 Å². The molecule has 2 rings (SSSR count). The Labute approximate surface area is 162 Å². The summed E-state index contributed by atoms with van der Waals surface area (Å²) in [5, 5.41) is 0. The van der Waals surface area contributed by atoms with E-state index >= 15 is 0 Å². The van der Waals surface area contributed by atoms with Gasteiger partial charge >= 0.3 is 11.7 Å². The summed E-state index contributed by atoms with van der Waals surface area (Å²) in [6.45, 7) is 3.39. The van der Waals surface area contributed by atoms with Crippen LogP contribution in [-0.2, 0) is 23.1 Å². The van der Waals surface area contributed by atoms with Gasteiger partial charge in [0.05, 0.1) is 6.42 Å². The molecule has 2 aromatic rings. The average molecular weight is 387 g/mol. The number of carbonyl (C=O) groups is 2. The normalized spacial score (nSPS) is 11.8. The van der Waals surface area contributed by atoms with Crippen molar-refractivity contribution in [2.24, 2.45) is 7.05 Å². The van der Waals surface area contributed by atoms with Crippen molar-refractivity contribution >= 4 is 17.6 Å². The third kappa shape index (κ3) is 4.57. The maximum Gasteiger partial charge on any atom is 0.332 e. The van der Waals surface area contributed by atoms with Crippen molar-refractivity contribution in [3.05, 3.63) is 62.3 Å². The zero-order valence-corrected chi connectivity index (χ0v) is 16.3. The number of hydrogen-bond acceptors (Lipinski definition) is 6. The second-order valence-corrected chi connectivity index (χ2v) is 6.66. The molecule has 0 fully saturated rings. The van der Waals surface area contributed by atoms with Crippen LogP contribution in [0.5, 0.6) is 0 Å². The fourth-order valence-electron chi connectivity index (χ4n) is 2.91. The van der Waals surface area contributed by atoms with Gasteiger partial charge in [-0.3, -0.25) is 23.5 Å². The van der Waals surface area contributed by atoms with Crippen LogP contribution in [0.3, 0.4) is 0 Å². The number of rotatable bonds is 8. The van der Waals surface area contributed by atoms with E-state index in [4.69, 9.17) is 10.5 Å². The Kier molecular flexibility index (Phi) is 6.92. The number of anilines is 1. The van der Waals surface area contributed by atoms with Crippen molar-refractivity contribution in [1.29, 1.82) is 0 Å². The summed E-state index contributed by atoms with van der Waals surface area (Å²) < 4.78 is 7.06. The number of nitrogens with zero attached hydrogens (tertiary/aromatic N) is 2. The molecule has 0 aliphatic heterocycles. The van der Waals surface area contributed by atoms with Crippen LogP contribution < -0.4 is 17.0 Å². The number of benzene rings is 1. The van der Waals surface area contributed by atoms with Crippen LogP contribution in [0.4, 0.5) is 5.82 Å². The number of nitrogen functional groups attached to an aromatic ring is 1. The lowest BCUT2D eigenvalue weighted by atomic mass is 9.98. The van der Waals surface area contributed by atoms with Crippen molar-refractivity contribution in [2.45, 2.75) is 39.2 Å². The van der Waals surface area contributed by atoms with Gasteiger partial charge in [0.15, 0.2) is 6.61 Å². The van der Waals surface area contributed by atoms with Gasteiger partial charge in [-0.15, -0.1) is 0 Å². The fourth-order valence-corrected chi connectivity index (χ4v) is 2.91. The Balaban J connectivity index is 2.12. The zero-order valence-electron chi connectivity index (χ0n) is 16.3. The van der Waals surface area contributed by atoms with Crippen molar-refractivity contribution in [1.82, 2.24) is 9.13 Å². The SMILES string of the molecule is CCCn1c(N)c(C(=O)COC(=O)CC(C)c2ccccc2)c(=O)n(C)c1=O. The van der Waals surface area contributed by atoms with Gasteiger partial charge < -0.3 is 10.5 Å². The van der Waals surface area contributed by atoms with Crippen LogP contribution in [0.25, 0.3) is 0 Å². The summed E-state index contributed by atoms with van der Waals surface area (Å²) in [5.74, 6) is -1.56. The summed E-state index contributed by atoms with van der Waals surface area (Å²) >= 11 is 0. The van der Waals surface area contributed by atoms with Crippen LogP contribution in [0.15, 0.2) is 39.9 Å². The number of esters is 1. The first-order chi connectivity index (χ1) is 13.3. The summed E-state index contributed by atoms with van der Waals surface area (Å²) in [5.41, 5.74) is 5.15. The second kappa shape index (κ2) is 9.16. The highest BCUT2D eigenvalue weighted by atomic mass is 16.5. The third-order valence-corrected chi connectivity index (χ3v) is 4.52. The van der Waals surface area contributed by atoms with Gasteiger partial charge in [0, 0.05) is 13.6 Å². The molecule has 0 saturated heterocycles. The van der Waals surface area contributed by atoms with Crippen LogP contribution in [-0.4, -0.2) is 27.5 Å². The molecule has 1 aromatic carbocycles. The van der Waals surface area contributed by atoms with E-state index in [2.05, 4.69) is 0 Å². The van der Waals surface area contributed by atoms with Crippen molar-refractivity contribution in [3.63, 3.8) is 0 Å². The minimum absolute atomic E-state index is 0.0757. The molecule has 0 saturated carbocycles. The summed E-state index contributed by atoms with van der Waals surface area (Å²) in [7, 11) is 1.28. The number of Topliss-reactive ketones (excluding diaryl/α,β-unsaturated/α-hetero) is 1. The van der Waals surface area contributed by atoms with Gasteiger partial charge in [-0.2, -0.15) is 0 Å². The molecule has 2 N–H and O–H groups in total. The molecule has 1 heterocycles. The van der Waals surface area contributed by atoms with Crippen LogP contribution >= 0.6 is 0 Å². The van der Waals surface area contributed by atoms with Gasteiger partial charge in [-0.25, -0.2) is 4.79 Å². The lowest BCUT2D eigenvalue weighted by molar-refractivity contribution is -0.142. The molecule has 0 aliphatic carbocycles. The van der Waals surface area contributed by atoms with Crippen molar-refractivity contribution < 1.29 is 14.3 Å². The van der Waals surface area contributed by atoms with E-state index < -0.39 is 29.6 Å². The van der Waals surface area contributed by atoms with E-state index in [-0.39, 0.29) is 30.3 Å². The number of nitrogens with two attached hydrogens (primary N) is 1. The molecule has 0 spiro atoms. The van der Waals surface area contributed by atoms with E-state index in [1.54, 1.807) is 0 Å². The van der Waals surface area contributed by atoms with Gasteiger partial charge in [-0.05, 0) is 17.9 Å². The van der Waals surface area contributed by atoms with Crippen LogP contribution in [0.1, 0.15) is 48.5 Å². The monoisotopic (exact) mass is 387 g/mol. The van der Waals surface area contributed by atoms with E-state index in [0.29, 0.717) is 6.42 Å². The molecule has 8 heteroatoms. The smallest absolute Gasteiger partial charge is 0.332 e. The molecular formula is C20H25N3O5. The fraction of sp³-hybridized carbons (Fsp3) is 0.400. The molecule has 0 amide bonds. The van der Waals surface area contributed by atoms with Gasteiger partial charge in [0.1, 0.15) is 11.4 Å². The van der Waals surface area contributed by atoms with Gasteiger partial charge in [0.25, 0.3) is 5.56 Å². The minimum Gasteiger partial charge on any atom is -0.457 e.